The molecule has 6 heteroatoms. The fourth-order valence-electron chi connectivity index (χ4n) is 5.86. The summed E-state index contributed by atoms with van der Waals surface area (Å²) in [7, 11) is -3.77. The van der Waals surface area contributed by atoms with Crippen molar-refractivity contribution < 1.29 is 13.2 Å². The van der Waals surface area contributed by atoms with E-state index in [-0.39, 0.29) is 32.1 Å². The van der Waals surface area contributed by atoms with Crippen LogP contribution >= 0.6 is 11.3 Å². The summed E-state index contributed by atoms with van der Waals surface area (Å²) in [5, 5.41) is 2.04. The zero-order chi connectivity index (χ0) is 26.2. The third-order valence-electron chi connectivity index (χ3n) is 7.72. The van der Waals surface area contributed by atoms with Crippen molar-refractivity contribution in [1.82, 2.24) is 0 Å². The zero-order valence-electron chi connectivity index (χ0n) is 20.8. The first kappa shape index (κ1) is 23.1. The molecule has 0 unspecified atom stereocenters. The Morgan fingerprint density at radius 3 is 2.00 bits per heavy atom. The van der Waals surface area contributed by atoms with E-state index in [2.05, 4.69) is 73.3 Å². The summed E-state index contributed by atoms with van der Waals surface area (Å²) in [6.07, 6.45) is 0. The maximum atomic E-state index is 13.4. The van der Waals surface area contributed by atoms with Gasteiger partial charge in [-0.1, -0.05) is 68.4 Å². The van der Waals surface area contributed by atoms with E-state index in [0.717, 1.165) is 27.5 Å². The van der Waals surface area contributed by atoms with Gasteiger partial charge in [-0.3, -0.25) is 4.79 Å². The van der Waals surface area contributed by atoms with Gasteiger partial charge in [0.1, 0.15) is 0 Å². The van der Waals surface area contributed by atoms with Gasteiger partial charge in [-0.2, -0.15) is 0 Å². The lowest BCUT2D eigenvalue weighted by Crippen LogP contribution is -2.30. The molecule has 0 N–H and O–H groups in total. The number of hydrogen-bond acceptors (Lipinski definition) is 5. The maximum absolute atomic E-state index is 13.4. The summed E-state index contributed by atoms with van der Waals surface area (Å²) in [4.78, 5) is 16.8. The molecule has 2 aliphatic rings. The highest BCUT2D eigenvalue weighted by Crippen LogP contribution is 2.54. The number of anilines is 3. The Balaban J connectivity index is 1.43. The molecule has 4 nitrogen and oxygen atoms in total. The van der Waals surface area contributed by atoms with Crippen molar-refractivity contribution in [2.24, 2.45) is 0 Å². The SMILES string of the molecule is CC1(C)c2ccccc2N(c2ccsc2-c2ccc3c(c2)C(=O)c2ccccc2S3(=O)=O)c2ccccc21. The van der Waals surface area contributed by atoms with Gasteiger partial charge in [0.25, 0.3) is 0 Å². The fourth-order valence-corrected chi connectivity index (χ4v) is 8.37. The molecular weight excluding hydrogens is 510 g/mol. The van der Waals surface area contributed by atoms with Crippen LogP contribution in [0.3, 0.4) is 0 Å². The van der Waals surface area contributed by atoms with E-state index < -0.39 is 9.84 Å². The van der Waals surface area contributed by atoms with Gasteiger partial charge >= 0.3 is 0 Å². The predicted molar refractivity (Wildman–Crippen MR) is 152 cm³/mol. The molecule has 0 atom stereocenters. The minimum atomic E-state index is -3.77. The highest BCUT2D eigenvalue weighted by atomic mass is 32.2. The van der Waals surface area contributed by atoms with Crippen LogP contribution in [0.2, 0.25) is 0 Å². The number of thiophene rings is 1. The molecule has 186 valence electrons. The smallest absolute Gasteiger partial charge is 0.208 e. The molecule has 2 aliphatic heterocycles. The van der Waals surface area contributed by atoms with Gasteiger partial charge in [-0.25, -0.2) is 8.42 Å². The number of carbonyl (C=O) groups excluding carboxylic acids is 1. The molecule has 1 aromatic heterocycles. The van der Waals surface area contributed by atoms with Crippen molar-refractivity contribution in [2.45, 2.75) is 29.1 Å². The molecule has 0 fully saturated rings. The molecule has 0 saturated heterocycles. The second-order valence-electron chi connectivity index (χ2n) is 10.2. The molecule has 0 aliphatic carbocycles. The van der Waals surface area contributed by atoms with Crippen LogP contribution in [-0.2, 0) is 15.3 Å². The van der Waals surface area contributed by atoms with Crippen LogP contribution in [0, 0.1) is 0 Å². The van der Waals surface area contributed by atoms with Crippen molar-refractivity contribution in [1.29, 1.82) is 0 Å². The number of fused-ring (bicyclic) bond motifs is 4. The number of nitrogens with zero attached hydrogens (tertiary/aromatic N) is 1. The average molecular weight is 534 g/mol. The third-order valence-corrected chi connectivity index (χ3v) is 10.5. The van der Waals surface area contributed by atoms with Gasteiger partial charge in [-0.15, -0.1) is 11.3 Å². The second kappa shape index (κ2) is 8.00. The Morgan fingerprint density at radius 2 is 1.29 bits per heavy atom. The van der Waals surface area contributed by atoms with E-state index in [1.807, 2.05) is 11.4 Å². The Kier molecular flexibility index (Phi) is 4.87. The van der Waals surface area contributed by atoms with Crippen molar-refractivity contribution in [3.63, 3.8) is 0 Å². The summed E-state index contributed by atoms with van der Waals surface area (Å²) >= 11 is 1.58. The molecule has 0 amide bonds. The highest BCUT2D eigenvalue weighted by molar-refractivity contribution is 7.91. The van der Waals surface area contributed by atoms with Crippen molar-refractivity contribution >= 4 is 44.0 Å². The molecule has 3 heterocycles. The first-order valence-corrected chi connectivity index (χ1v) is 14.8. The Bertz CT molecular complexity index is 1850. The summed E-state index contributed by atoms with van der Waals surface area (Å²) in [6, 6.07) is 30.6. The molecule has 4 aromatic carbocycles. The van der Waals surface area contributed by atoms with Gasteiger partial charge in [0.15, 0.2) is 5.78 Å². The number of benzene rings is 4. The molecule has 0 radical (unpaired) electrons. The Hall–Kier alpha value is -4.00. The van der Waals surface area contributed by atoms with Gasteiger partial charge < -0.3 is 4.90 Å². The van der Waals surface area contributed by atoms with Crippen molar-refractivity contribution in [3.8, 4) is 10.4 Å². The first-order valence-electron chi connectivity index (χ1n) is 12.4. The minimum absolute atomic E-state index is 0.0680. The van der Waals surface area contributed by atoms with Crippen LogP contribution in [-0.4, -0.2) is 14.2 Å². The van der Waals surface area contributed by atoms with Crippen LogP contribution in [0.1, 0.15) is 40.9 Å². The van der Waals surface area contributed by atoms with E-state index in [1.165, 1.54) is 17.2 Å². The number of sulfone groups is 1. The normalized spacial score (nSPS) is 16.3. The molecule has 7 rings (SSSR count). The second-order valence-corrected chi connectivity index (χ2v) is 13.0. The fraction of sp³-hybridized carbons (Fsp3) is 0.0938. The number of hydrogen-bond donors (Lipinski definition) is 0. The van der Waals surface area contributed by atoms with E-state index in [9.17, 15) is 13.2 Å². The number of rotatable bonds is 2. The van der Waals surface area contributed by atoms with Gasteiger partial charge in [-0.05, 0) is 64.5 Å². The lowest BCUT2D eigenvalue weighted by atomic mass is 9.73. The average Bonchev–Trinajstić information content (AvgIpc) is 3.41. The van der Waals surface area contributed by atoms with Crippen molar-refractivity contribution in [3.05, 3.63) is 125 Å². The Labute approximate surface area is 225 Å². The van der Waals surface area contributed by atoms with Crippen LogP contribution in [0.15, 0.2) is 112 Å². The lowest BCUT2D eigenvalue weighted by molar-refractivity contribution is 0.103. The lowest BCUT2D eigenvalue weighted by Gasteiger charge is -2.42. The maximum Gasteiger partial charge on any atom is 0.208 e. The molecule has 0 spiro atoms. The van der Waals surface area contributed by atoms with Gasteiger partial charge in [0.05, 0.1) is 31.7 Å². The third kappa shape index (κ3) is 3.08. The van der Waals surface area contributed by atoms with E-state index in [1.54, 1.807) is 41.7 Å². The summed E-state index contributed by atoms with van der Waals surface area (Å²) in [5.41, 5.74) is 6.79. The largest absolute Gasteiger partial charge is 0.308 e. The minimum Gasteiger partial charge on any atom is -0.308 e. The Morgan fingerprint density at radius 1 is 0.684 bits per heavy atom. The standard InChI is InChI=1S/C32H23NO3S2/c1-32(2)23-10-4-6-12-25(23)33(26-13-7-5-11-24(26)32)27-17-18-37-31(27)20-15-16-29-22(19-20)30(34)21-9-3-8-14-28(21)38(29,35)36/h3-19H,1-2H3. The van der Waals surface area contributed by atoms with Crippen molar-refractivity contribution in [2.75, 3.05) is 4.90 Å². The zero-order valence-corrected chi connectivity index (χ0v) is 22.4. The van der Waals surface area contributed by atoms with Crippen LogP contribution in [0.4, 0.5) is 17.1 Å². The first-order chi connectivity index (χ1) is 18.3. The summed E-state index contributed by atoms with van der Waals surface area (Å²) in [5.74, 6) is -0.263. The van der Waals surface area contributed by atoms with Crippen LogP contribution < -0.4 is 4.90 Å². The molecule has 0 saturated carbocycles. The van der Waals surface area contributed by atoms with Gasteiger partial charge in [0.2, 0.25) is 9.84 Å². The van der Waals surface area contributed by atoms with E-state index in [0.29, 0.717) is 0 Å². The molecule has 38 heavy (non-hydrogen) atoms. The van der Waals surface area contributed by atoms with Gasteiger partial charge in [0, 0.05) is 16.5 Å². The number of para-hydroxylation sites is 2. The molecule has 0 bridgehead atoms. The quantitative estimate of drug-likeness (QED) is 0.227. The van der Waals surface area contributed by atoms with Crippen LogP contribution in [0.25, 0.3) is 10.4 Å². The number of ketones is 1. The summed E-state index contributed by atoms with van der Waals surface area (Å²) < 4.78 is 26.7. The summed E-state index contributed by atoms with van der Waals surface area (Å²) in [6.45, 7) is 4.51. The monoisotopic (exact) mass is 533 g/mol. The number of carbonyl (C=O) groups is 1. The van der Waals surface area contributed by atoms with Crippen LogP contribution in [0.5, 0.6) is 0 Å². The van der Waals surface area contributed by atoms with E-state index >= 15 is 0 Å². The molecular formula is C32H23NO3S2. The molecule has 5 aromatic rings. The predicted octanol–water partition coefficient (Wildman–Crippen LogP) is 7.90. The highest BCUT2D eigenvalue weighted by Gasteiger charge is 2.38. The van der Waals surface area contributed by atoms with E-state index in [4.69, 9.17) is 0 Å². The topological polar surface area (TPSA) is 54.5 Å².